The quantitative estimate of drug-likeness (QED) is 0.0768. The smallest absolute Gasteiger partial charge is 0.309 e. The average molecular weight is 700 g/mol. The van der Waals surface area contributed by atoms with Gasteiger partial charge >= 0.3 is 5.97 Å². The van der Waals surface area contributed by atoms with Crippen molar-refractivity contribution in [2.75, 3.05) is 26.8 Å². The molecule has 0 rings (SSSR count). The first-order valence-electron chi connectivity index (χ1n) is 17.4. The number of rotatable bonds is 25. The van der Waals surface area contributed by atoms with Crippen molar-refractivity contribution in [1.29, 1.82) is 0 Å². The maximum atomic E-state index is 13.1. The highest BCUT2D eigenvalue weighted by Crippen LogP contribution is 2.34. The first kappa shape index (κ1) is 46.2. The van der Waals surface area contributed by atoms with Gasteiger partial charge < -0.3 is 41.6 Å². The molecule has 1 atom stereocenters. The third kappa shape index (κ3) is 19.9. The largest absolute Gasteiger partial charge is 0.481 e. The number of nitrogens with two attached hydrogens (primary N) is 1. The fraction of sp³-hybridized carbons (Fsp3) is 0.861. The monoisotopic (exact) mass is 700 g/mol. The zero-order valence-corrected chi connectivity index (χ0v) is 32.7. The van der Waals surface area contributed by atoms with Gasteiger partial charge in [0, 0.05) is 36.3 Å². The fourth-order valence-corrected chi connectivity index (χ4v) is 5.52. The molecule has 0 aromatic carbocycles. The molecule has 0 aromatic heterocycles. The molecule has 0 radical (unpaired) electrons. The van der Waals surface area contributed by atoms with Crippen LogP contribution in [0.5, 0.6) is 0 Å². The highest BCUT2D eigenvalue weighted by Gasteiger charge is 2.40. The Morgan fingerprint density at radius 1 is 0.694 bits per heavy atom. The molecule has 0 aromatic rings. The van der Waals surface area contributed by atoms with Gasteiger partial charge in [-0.15, -0.1) is 0 Å². The number of hydrogen-bond acceptors (Lipinski definition) is 8. The first-order chi connectivity index (χ1) is 22.1. The predicted octanol–water partition coefficient (Wildman–Crippen LogP) is 3.81. The van der Waals surface area contributed by atoms with Gasteiger partial charge in [-0.3, -0.25) is 24.0 Å². The van der Waals surface area contributed by atoms with Gasteiger partial charge in [-0.2, -0.15) is 0 Å². The molecule has 0 aliphatic heterocycles. The average Bonchev–Trinajstić information content (AvgIpc) is 2.87. The fourth-order valence-electron chi connectivity index (χ4n) is 5.52. The van der Waals surface area contributed by atoms with Crippen molar-refractivity contribution in [3.63, 3.8) is 0 Å². The number of nitrogens with one attached hydrogen (secondary N) is 4. The summed E-state index contributed by atoms with van der Waals surface area (Å²) in [5.74, 6) is -1.84. The molecule has 13 nitrogen and oxygen atoms in total. The number of carboxylic acid groups (broad SMARTS) is 1. The number of amides is 4. The molecule has 0 heterocycles. The molecule has 0 fully saturated rings. The van der Waals surface area contributed by atoms with Crippen LogP contribution in [0.2, 0.25) is 0 Å². The van der Waals surface area contributed by atoms with Crippen LogP contribution in [0.15, 0.2) is 0 Å². The van der Waals surface area contributed by atoms with Gasteiger partial charge in [-0.1, -0.05) is 13.8 Å². The topological polar surface area (TPSA) is 198 Å². The van der Waals surface area contributed by atoms with E-state index < -0.39 is 39.1 Å². The second-order valence-corrected chi connectivity index (χ2v) is 17.2. The Morgan fingerprint density at radius 2 is 1.16 bits per heavy atom. The summed E-state index contributed by atoms with van der Waals surface area (Å²) in [6, 6.07) is -0.367. The minimum Gasteiger partial charge on any atom is -0.481 e. The first-order valence-corrected chi connectivity index (χ1v) is 17.4. The summed E-state index contributed by atoms with van der Waals surface area (Å²) in [6.07, 6.45) is 3.64. The molecule has 286 valence electrons. The van der Waals surface area contributed by atoms with Gasteiger partial charge in [-0.05, 0) is 115 Å². The number of aliphatic carboxylic acids is 1. The van der Waals surface area contributed by atoms with Crippen LogP contribution < -0.4 is 27.0 Å². The Bertz CT molecular complexity index is 1110. The number of carbonyl (C=O) groups is 5. The van der Waals surface area contributed by atoms with Crippen LogP contribution in [0.1, 0.15) is 134 Å². The normalized spacial score (nSPS) is 13.8. The zero-order chi connectivity index (χ0) is 38.5. The van der Waals surface area contributed by atoms with E-state index in [0.717, 1.165) is 12.8 Å². The third-order valence-corrected chi connectivity index (χ3v) is 8.55. The molecule has 0 aliphatic rings. The van der Waals surface area contributed by atoms with Crippen LogP contribution in [0.4, 0.5) is 0 Å². The SMILES string of the molecule is CNC(CCCCNC(=O)CC(C)(C)OCCC(C)(C)NC(=O)CC(C)(C)OCCC(C)(C)NC(=O)C(C)(C)CC(C)(C)C(=O)O)C(N)=O. The van der Waals surface area contributed by atoms with Gasteiger partial charge in [0.25, 0.3) is 0 Å². The van der Waals surface area contributed by atoms with E-state index in [9.17, 15) is 29.1 Å². The Morgan fingerprint density at radius 3 is 1.61 bits per heavy atom. The highest BCUT2D eigenvalue weighted by molar-refractivity contribution is 5.84. The second kappa shape index (κ2) is 19.0. The van der Waals surface area contributed by atoms with Gasteiger partial charge in [0.05, 0.1) is 35.5 Å². The maximum absolute atomic E-state index is 13.1. The summed E-state index contributed by atoms with van der Waals surface area (Å²) in [5.41, 5.74) is 0.786. The van der Waals surface area contributed by atoms with Crippen molar-refractivity contribution >= 4 is 29.6 Å². The number of carbonyl (C=O) groups excluding carboxylic acids is 4. The van der Waals surface area contributed by atoms with E-state index in [1.54, 1.807) is 34.7 Å². The molecule has 0 saturated heterocycles. The van der Waals surface area contributed by atoms with Gasteiger partial charge in [-0.25, -0.2) is 0 Å². The molecule has 0 bridgehead atoms. The molecule has 13 heteroatoms. The Balaban J connectivity index is 4.66. The van der Waals surface area contributed by atoms with Crippen LogP contribution in [0, 0.1) is 10.8 Å². The number of unbranched alkanes of at least 4 members (excludes halogenated alkanes) is 1. The minimum absolute atomic E-state index is 0.116. The summed E-state index contributed by atoms with van der Waals surface area (Å²) in [5, 5.41) is 21.4. The van der Waals surface area contributed by atoms with Gasteiger partial charge in [0.2, 0.25) is 23.6 Å². The van der Waals surface area contributed by atoms with E-state index >= 15 is 0 Å². The van der Waals surface area contributed by atoms with E-state index in [1.807, 2.05) is 55.4 Å². The van der Waals surface area contributed by atoms with Gasteiger partial charge in [0.15, 0.2) is 0 Å². The van der Waals surface area contributed by atoms with Crippen LogP contribution in [-0.4, -0.2) is 89.8 Å². The van der Waals surface area contributed by atoms with Crippen LogP contribution in [0.3, 0.4) is 0 Å². The van der Waals surface area contributed by atoms with Gasteiger partial charge in [0.1, 0.15) is 0 Å². The lowest BCUT2D eigenvalue weighted by atomic mass is 9.74. The number of hydrogen-bond donors (Lipinski definition) is 6. The standard InChI is InChI=1S/C36H69N5O8/c1-31(2,24-32(3,4)30(46)47)29(45)41-34(7,8)18-21-49-36(11,12)23-27(43)40-33(5,6)17-20-48-35(9,10)22-26(42)39-19-15-14-16-25(38-13)28(37)44/h25,38H,14-24H2,1-13H3,(H2,37,44)(H,39,42)(H,40,43)(H,41,45)(H,46,47). The van der Waals surface area contributed by atoms with Crippen molar-refractivity contribution in [3.05, 3.63) is 0 Å². The van der Waals surface area contributed by atoms with Crippen molar-refractivity contribution in [2.24, 2.45) is 16.6 Å². The summed E-state index contributed by atoms with van der Waals surface area (Å²) < 4.78 is 12.1. The van der Waals surface area contributed by atoms with E-state index in [2.05, 4.69) is 21.3 Å². The van der Waals surface area contributed by atoms with Crippen LogP contribution >= 0.6 is 0 Å². The van der Waals surface area contributed by atoms with E-state index in [1.165, 1.54) is 0 Å². The molecule has 1 unspecified atom stereocenters. The zero-order valence-electron chi connectivity index (χ0n) is 32.7. The predicted molar refractivity (Wildman–Crippen MR) is 192 cm³/mol. The van der Waals surface area contributed by atoms with E-state index in [0.29, 0.717) is 39.0 Å². The van der Waals surface area contributed by atoms with Crippen molar-refractivity contribution in [3.8, 4) is 0 Å². The maximum Gasteiger partial charge on any atom is 0.309 e. The lowest BCUT2D eigenvalue weighted by Crippen LogP contribution is -2.51. The second-order valence-electron chi connectivity index (χ2n) is 17.2. The van der Waals surface area contributed by atoms with E-state index in [-0.39, 0.29) is 48.9 Å². The molecule has 49 heavy (non-hydrogen) atoms. The van der Waals surface area contributed by atoms with Crippen molar-refractivity contribution < 1.29 is 38.6 Å². The highest BCUT2D eigenvalue weighted by atomic mass is 16.5. The van der Waals surface area contributed by atoms with Crippen molar-refractivity contribution in [1.82, 2.24) is 21.3 Å². The third-order valence-electron chi connectivity index (χ3n) is 8.55. The molecular formula is C36H69N5O8. The number of likely N-dealkylation sites (N-methyl/N-ethyl adjacent to an activating group) is 1. The summed E-state index contributed by atoms with van der Waals surface area (Å²) in [7, 11) is 1.69. The lowest BCUT2D eigenvalue weighted by Gasteiger charge is -2.36. The molecule has 7 N–H and O–H groups in total. The van der Waals surface area contributed by atoms with Crippen LogP contribution in [0.25, 0.3) is 0 Å². The molecule has 4 amide bonds. The molecule has 0 aliphatic carbocycles. The van der Waals surface area contributed by atoms with Crippen molar-refractivity contribution in [2.45, 2.75) is 163 Å². The minimum atomic E-state index is -1.04. The summed E-state index contributed by atoms with van der Waals surface area (Å²) >= 11 is 0. The molecular weight excluding hydrogens is 630 g/mol. The Hall–Kier alpha value is -2.77. The van der Waals surface area contributed by atoms with E-state index in [4.69, 9.17) is 15.2 Å². The summed E-state index contributed by atoms with van der Waals surface area (Å²) in [6.45, 7) is 22.9. The molecule has 0 saturated carbocycles. The Kier molecular flexibility index (Phi) is 17.9. The Labute approximate surface area is 295 Å². The number of carboxylic acids is 1. The lowest BCUT2D eigenvalue weighted by molar-refractivity contribution is -0.150. The number of ether oxygens (including phenoxy) is 2. The van der Waals surface area contributed by atoms with Crippen LogP contribution in [-0.2, 0) is 33.4 Å². The summed E-state index contributed by atoms with van der Waals surface area (Å²) in [4.78, 5) is 61.4. The number of primary amides is 1. The molecule has 0 spiro atoms.